The first-order valence-electron chi connectivity index (χ1n) is 16.1. The number of nitrogens with one attached hydrogen (secondary N) is 1. The lowest BCUT2D eigenvalue weighted by Crippen LogP contribution is -2.62. The molecule has 2 unspecified atom stereocenters. The third-order valence-electron chi connectivity index (χ3n) is 10.1. The predicted octanol–water partition coefficient (Wildman–Crippen LogP) is 4.17. The molecule has 12 heteroatoms. The quantitative estimate of drug-likeness (QED) is 0.197. The average Bonchev–Trinajstić information content (AvgIpc) is 3.61. The molecule has 4 rings (SSSR count). The van der Waals surface area contributed by atoms with Gasteiger partial charge in [-0.05, 0) is 76.2 Å². The predicted molar refractivity (Wildman–Crippen MR) is 160 cm³/mol. The highest BCUT2D eigenvalue weighted by Gasteiger charge is 2.68. The van der Waals surface area contributed by atoms with Gasteiger partial charge in [-0.1, -0.05) is 27.7 Å². The van der Waals surface area contributed by atoms with Crippen molar-refractivity contribution >= 4 is 30.0 Å². The summed E-state index contributed by atoms with van der Waals surface area (Å²) in [5.74, 6) is -2.09. The van der Waals surface area contributed by atoms with Crippen LogP contribution in [-0.2, 0) is 47.6 Å². The van der Waals surface area contributed by atoms with Crippen molar-refractivity contribution in [3.63, 3.8) is 0 Å². The van der Waals surface area contributed by atoms with E-state index in [1.165, 1.54) is 0 Å². The fraction of sp³-hybridized carbons (Fsp3) is 0.788. The van der Waals surface area contributed by atoms with Gasteiger partial charge in [0.2, 0.25) is 0 Å². The van der Waals surface area contributed by atoms with E-state index < -0.39 is 58.8 Å². The maximum atomic E-state index is 13.0. The van der Waals surface area contributed by atoms with Crippen molar-refractivity contribution < 1.29 is 52.4 Å². The summed E-state index contributed by atoms with van der Waals surface area (Å²) in [7, 11) is 0. The first-order valence-corrected chi connectivity index (χ1v) is 16.1. The highest BCUT2D eigenvalue weighted by atomic mass is 16.6. The number of ether oxygens (including phenoxy) is 6. The topological polar surface area (TPSA) is 156 Å². The molecule has 2 aliphatic carbocycles. The molecule has 1 saturated heterocycles. The zero-order valence-electron chi connectivity index (χ0n) is 27.7. The second-order valence-corrected chi connectivity index (χ2v) is 14.2. The standard InChI is InChI=1S/C33H49NO11/c1-8-25(35)41-18-32(7)22-10-14-33(19-42-33)23(31(22,6)13-11-24(32)44-26(36)9-2)16-21(20-12-15-40-28(20)38)43-27(37)17-34-29(39)45-30(3,4)5/h12,21-24H,8-11,13-19H2,1-7H3,(H,34,39)/t21?,22?,23-,24-,31+,32+,33+/m1/s1. The number of cyclic esters (lactones) is 1. The summed E-state index contributed by atoms with van der Waals surface area (Å²) in [4.78, 5) is 62.7. The van der Waals surface area contributed by atoms with E-state index in [4.69, 9.17) is 28.4 Å². The van der Waals surface area contributed by atoms with Crippen LogP contribution in [-0.4, -0.2) is 79.7 Å². The van der Waals surface area contributed by atoms with E-state index in [-0.39, 0.29) is 61.8 Å². The van der Waals surface area contributed by atoms with Crippen molar-refractivity contribution in [3.8, 4) is 0 Å². The van der Waals surface area contributed by atoms with Gasteiger partial charge >= 0.3 is 30.0 Å². The van der Waals surface area contributed by atoms with Gasteiger partial charge in [0.05, 0.1) is 17.8 Å². The number of hydrogen-bond acceptors (Lipinski definition) is 11. The molecule has 2 saturated carbocycles. The molecule has 1 amide bonds. The molecule has 4 aliphatic rings. The molecule has 7 atom stereocenters. The molecule has 12 nitrogen and oxygen atoms in total. The van der Waals surface area contributed by atoms with E-state index in [1.54, 1.807) is 40.7 Å². The lowest BCUT2D eigenvalue weighted by atomic mass is 9.44. The molecule has 0 radical (unpaired) electrons. The van der Waals surface area contributed by atoms with Crippen molar-refractivity contribution in [2.24, 2.45) is 22.7 Å². The van der Waals surface area contributed by atoms with Gasteiger partial charge in [0, 0.05) is 18.3 Å². The van der Waals surface area contributed by atoms with E-state index >= 15 is 0 Å². The van der Waals surface area contributed by atoms with Gasteiger partial charge < -0.3 is 33.7 Å². The van der Waals surface area contributed by atoms with Crippen LogP contribution in [0.2, 0.25) is 0 Å². The van der Waals surface area contributed by atoms with Crippen molar-refractivity contribution in [3.05, 3.63) is 11.6 Å². The number of epoxide rings is 1. The Labute approximate surface area is 265 Å². The van der Waals surface area contributed by atoms with Gasteiger partial charge in [-0.2, -0.15) is 0 Å². The Morgan fingerprint density at radius 1 is 1.04 bits per heavy atom. The van der Waals surface area contributed by atoms with Crippen LogP contribution in [0.4, 0.5) is 4.79 Å². The van der Waals surface area contributed by atoms with Crippen LogP contribution >= 0.6 is 0 Å². The Morgan fingerprint density at radius 3 is 2.31 bits per heavy atom. The summed E-state index contributed by atoms with van der Waals surface area (Å²) in [5, 5.41) is 2.42. The minimum Gasteiger partial charge on any atom is -0.465 e. The smallest absolute Gasteiger partial charge is 0.408 e. The fourth-order valence-corrected chi connectivity index (χ4v) is 7.80. The Bertz CT molecular complexity index is 1200. The maximum Gasteiger partial charge on any atom is 0.408 e. The van der Waals surface area contributed by atoms with Crippen molar-refractivity contribution in [1.29, 1.82) is 0 Å². The average molecular weight is 636 g/mol. The fourth-order valence-electron chi connectivity index (χ4n) is 7.80. The van der Waals surface area contributed by atoms with E-state index in [1.807, 2.05) is 6.92 Å². The second kappa shape index (κ2) is 13.3. The molecule has 252 valence electrons. The Hall–Kier alpha value is -3.15. The van der Waals surface area contributed by atoms with Gasteiger partial charge in [-0.15, -0.1) is 0 Å². The summed E-state index contributed by atoms with van der Waals surface area (Å²) in [6.45, 7) is 13.1. The Kier molecular flexibility index (Phi) is 10.3. The maximum absolute atomic E-state index is 13.0. The van der Waals surface area contributed by atoms with E-state index in [0.717, 1.165) is 6.42 Å². The van der Waals surface area contributed by atoms with Gasteiger partial charge in [-0.3, -0.25) is 14.4 Å². The van der Waals surface area contributed by atoms with Crippen molar-refractivity contribution in [2.45, 2.75) is 117 Å². The third kappa shape index (κ3) is 7.64. The SMILES string of the molecule is CCC(=O)OC[C@@]1(C)C2CC[C@]3(CO3)[C@H](CC(OC(=O)CNC(=O)OC(C)(C)C)C3=CCOC3=O)[C@@]2(C)CC[C@H]1OC(=O)CC. The van der Waals surface area contributed by atoms with E-state index in [2.05, 4.69) is 12.2 Å². The van der Waals surface area contributed by atoms with Crippen molar-refractivity contribution in [1.82, 2.24) is 5.32 Å². The normalized spacial score (nSPS) is 32.8. The largest absolute Gasteiger partial charge is 0.465 e. The van der Waals surface area contributed by atoms with Crippen LogP contribution in [0.1, 0.15) is 93.4 Å². The Morgan fingerprint density at radius 2 is 1.73 bits per heavy atom. The number of hydrogen-bond donors (Lipinski definition) is 1. The summed E-state index contributed by atoms with van der Waals surface area (Å²) in [5.41, 5.74) is -2.02. The number of alkyl carbamates (subject to hydrolysis) is 1. The van der Waals surface area contributed by atoms with Gasteiger partial charge in [0.15, 0.2) is 0 Å². The third-order valence-corrected chi connectivity index (χ3v) is 10.1. The molecule has 45 heavy (non-hydrogen) atoms. The molecular formula is C33H49NO11. The zero-order valence-corrected chi connectivity index (χ0v) is 27.7. The molecule has 0 aromatic rings. The van der Waals surface area contributed by atoms with Gasteiger partial charge in [0.1, 0.15) is 37.6 Å². The number of rotatable bonds is 11. The van der Waals surface area contributed by atoms with Crippen LogP contribution in [0.25, 0.3) is 0 Å². The Balaban J connectivity index is 1.61. The summed E-state index contributed by atoms with van der Waals surface area (Å²) in [6.07, 6.45) is 2.98. The first-order chi connectivity index (χ1) is 21.1. The van der Waals surface area contributed by atoms with Crippen LogP contribution in [0.15, 0.2) is 11.6 Å². The summed E-state index contributed by atoms with van der Waals surface area (Å²) < 4.78 is 34.2. The number of amides is 1. The highest BCUT2D eigenvalue weighted by molar-refractivity contribution is 5.92. The molecular weight excluding hydrogens is 586 g/mol. The monoisotopic (exact) mass is 635 g/mol. The summed E-state index contributed by atoms with van der Waals surface area (Å²) >= 11 is 0. The number of esters is 4. The summed E-state index contributed by atoms with van der Waals surface area (Å²) in [6, 6.07) is 0. The van der Waals surface area contributed by atoms with Gasteiger partial charge in [0.25, 0.3) is 0 Å². The minimum atomic E-state index is -0.936. The van der Waals surface area contributed by atoms with Crippen LogP contribution < -0.4 is 5.32 Å². The highest BCUT2D eigenvalue weighted by Crippen LogP contribution is 2.67. The minimum absolute atomic E-state index is 0.0346. The number of fused-ring (bicyclic) bond motifs is 1. The zero-order chi connectivity index (χ0) is 33.2. The lowest BCUT2D eigenvalue weighted by molar-refractivity contribution is -0.206. The lowest BCUT2D eigenvalue weighted by Gasteiger charge is -2.61. The molecule has 2 aliphatic heterocycles. The molecule has 0 bridgehead atoms. The van der Waals surface area contributed by atoms with E-state index in [0.29, 0.717) is 25.9 Å². The molecule has 3 fully saturated rings. The molecule has 2 heterocycles. The molecule has 1 N–H and O–H groups in total. The van der Waals surface area contributed by atoms with Crippen molar-refractivity contribution in [2.75, 3.05) is 26.4 Å². The van der Waals surface area contributed by atoms with Crippen LogP contribution in [0, 0.1) is 22.7 Å². The second-order valence-electron chi connectivity index (χ2n) is 14.2. The first kappa shape index (κ1) is 34.7. The van der Waals surface area contributed by atoms with Crippen LogP contribution in [0.5, 0.6) is 0 Å². The molecule has 1 spiro atoms. The van der Waals surface area contributed by atoms with Gasteiger partial charge in [-0.25, -0.2) is 9.59 Å². The molecule has 0 aromatic carbocycles. The van der Waals surface area contributed by atoms with E-state index in [9.17, 15) is 24.0 Å². The molecule has 0 aromatic heterocycles. The van der Waals surface area contributed by atoms with Crippen LogP contribution in [0.3, 0.4) is 0 Å². The number of carbonyl (C=O) groups is 5. The number of carbonyl (C=O) groups excluding carboxylic acids is 5.